The highest BCUT2D eigenvalue weighted by molar-refractivity contribution is 5.87. The van der Waals surface area contributed by atoms with Crippen molar-refractivity contribution >= 4 is 11.9 Å². The molecule has 5 nitrogen and oxygen atoms in total. The van der Waals surface area contributed by atoms with Crippen LogP contribution in [-0.4, -0.2) is 24.1 Å². The first kappa shape index (κ1) is 22.4. The van der Waals surface area contributed by atoms with E-state index in [1.807, 2.05) is 27.0 Å². The molecule has 3 rings (SSSR count). The monoisotopic (exact) mass is 414 g/mol. The summed E-state index contributed by atoms with van der Waals surface area (Å²) < 4.78 is 17.6. The molecule has 5 heteroatoms. The normalized spacial score (nSPS) is 30.7. The molecule has 0 aliphatic heterocycles. The number of hydrogen-bond acceptors (Lipinski definition) is 5. The topological polar surface area (TPSA) is 65.7 Å². The maximum Gasteiger partial charge on any atom is 0.333 e. The molecule has 2 aliphatic carbocycles. The molecule has 0 amide bonds. The highest BCUT2D eigenvalue weighted by Crippen LogP contribution is 2.54. The van der Waals surface area contributed by atoms with Gasteiger partial charge in [-0.05, 0) is 69.9 Å². The number of hydrogen-bond donors (Lipinski definition) is 0. The van der Waals surface area contributed by atoms with Crippen molar-refractivity contribution < 1.29 is 23.5 Å². The second-order valence-corrected chi connectivity index (χ2v) is 9.47. The van der Waals surface area contributed by atoms with E-state index in [2.05, 4.69) is 20.8 Å². The summed E-state index contributed by atoms with van der Waals surface area (Å²) in [6.45, 7) is 13.7. The first-order valence-electron chi connectivity index (χ1n) is 10.8. The summed E-state index contributed by atoms with van der Waals surface area (Å²) in [4.78, 5) is 25.0. The summed E-state index contributed by atoms with van der Waals surface area (Å²) in [6, 6.07) is 0. The van der Waals surface area contributed by atoms with Crippen LogP contribution in [0.25, 0.3) is 0 Å². The summed E-state index contributed by atoms with van der Waals surface area (Å²) in [6.07, 6.45) is 6.43. The first-order chi connectivity index (χ1) is 14.1. The van der Waals surface area contributed by atoms with Gasteiger partial charge < -0.3 is 13.9 Å². The molecule has 1 heterocycles. The number of rotatable bonds is 4. The van der Waals surface area contributed by atoms with E-state index in [9.17, 15) is 9.59 Å². The molecule has 0 aromatic carbocycles. The van der Waals surface area contributed by atoms with Gasteiger partial charge in [-0.3, -0.25) is 0 Å². The molecule has 1 saturated carbocycles. The Morgan fingerprint density at radius 3 is 2.57 bits per heavy atom. The zero-order chi connectivity index (χ0) is 22.2. The molecular weight excluding hydrogens is 380 g/mol. The summed E-state index contributed by atoms with van der Waals surface area (Å²) in [5, 5.41) is 0. The van der Waals surface area contributed by atoms with E-state index in [0.29, 0.717) is 12.0 Å². The molecule has 164 valence electrons. The number of furan rings is 1. The quantitative estimate of drug-likeness (QED) is 0.506. The maximum atomic E-state index is 12.5. The molecule has 0 radical (unpaired) electrons. The minimum atomic E-state index is -0.489. The average molecular weight is 415 g/mol. The molecule has 0 spiro atoms. The third kappa shape index (κ3) is 4.12. The Labute approximate surface area is 179 Å². The number of carbonyl (C=O) groups excluding carboxylic acids is 2. The lowest BCUT2D eigenvalue weighted by Crippen LogP contribution is -2.56. The van der Waals surface area contributed by atoms with Gasteiger partial charge in [0.05, 0.1) is 6.26 Å². The van der Waals surface area contributed by atoms with E-state index < -0.39 is 12.2 Å². The Kier molecular flexibility index (Phi) is 6.30. The van der Waals surface area contributed by atoms with E-state index >= 15 is 0 Å². The van der Waals surface area contributed by atoms with Crippen molar-refractivity contribution in [1.82, 2.24) is 0 Å². The number of fused-ring (bicyclic) bond motifs is 2. The highest BCUT2D eigenvalue weighted by Gasteiger charge is 2.55. The lowest BCUT2D eigenvalue weighted by molar-refractivity contribution is -0.188. The van der Waals surface area contributed by atoms with E-state index in [-0.39, 0.29) is 29.2 Å². The van der Waals surface area contributed by atoms with Gasteiger partial charge in [0.1, 0.15) is 18.0 Å². The molecule has 0 unspecified atom stereocenters. The third-order valence-corrected chi connectivity index (χ3v) is 7.20. The summed E-state index contributed by atoms with van der Waals surface area (Å²) in [7, 11) is 0. The number of carbonyl (C=O) groups is 2. The van der Waals surface area contributed by atoms with Gasteiger partial charge in [0.15, 0.2) is 0 Å². The maximum absolute atomic E-state index is 12.5. The Morgan fingerprint density at radius 1 is 1.23 bits per heavy atom. The molecular formula is C25H34O5. The summed E-state index contributed by atoms with van der Waals surface area (Å²) >= 11 is 0. The van der Waals surface area contributed by atoms with E-state index in [1.54, 1.807) is 13.0 Å². The first-order valence-corrected chi connectivity index (χ1v) is 10.8. The Hall–Kier alpha value is -2.30. The second kappa shape index (κ2) is 8.44. The van der Waals surface area contributed by atoms with Crippen molar-refractivity contribution in [2.75, 3.05) is 0 Å². The Morgan fingerprint density at radius 2 is 1.93 bits per heavy atom. The van der Waals surface area contributed by atoms with Gasteiger partial charge in [-0.2, -0.15) is 0 Å². The fourth-order valence-electron chi connectivity index (χ4n) is 4.96. The SMILES string of the molecule is CC=C(C)C(=O)O[C@H]1C[C@H]2Cc3occ(C)c3C[C@]2(C)[C@@H](C)[C@@H]1OC(=O)C=C(C)C. The fourth-order valence-corrected chi connectivity index (χ4v) is 4.96. The van der Waals surface area contributed by atoms with E-state index in [1.165, 1.54) is 17.2 Å². The average Bonchev–Trinajstić information content (AvgIpc) is 3.02. The van der Waals surface area contributed by atoms with Crippen LogP contribution in [0, 0.1) is 24.2 Å². The molecule has 30 heavy (non-hydrogen) atoms. The van der Waals surface area contributed by atoms with Crippen LogP contribution < -0.4 is 0 Å². The van der Waals surface area contributed by atoms with Gasteiger partial charge in [-0.1, -0.05) is 25.5 Å². The lowest BCUT2D eigenvalue weighted by Gasteiger charge is -2.53. The Bertz CT molecular complexity index is 885. The van der Waals surface area contributed by atoms with Crippen molar-refractivity contribution in [2.24, 2.45) is 17.3 Å². The standard InChI is InChI=1S/C25H34O5/c1-8-15(4)24(27)29-21-11-18-10-20-19(16(5)13-28-20)12-25(18,7)17(6)23(21)30-22(26)9-14(2)3/h8-9,13,17-18,21,23H,10-12H2,1-7H3/t17-,18+,21-,23-,25+/m0/s1. The van der Waals surface area contributed by atoms with E-state index in [4.69, 9.17) is 13.9 Å². The zero-order valence-electron chi connectivity index (χ0n) is 19.2. The second-order valence-electron chi connectivity index (χ2n) is 9.47. The predicted molar refractivity (Wildman–Crippen MR) is 115 cm³/mol. The van der Waals surface area contributed by atoms with Gasteiger partial charge in [-0.25, -0.2) is 9.59 Å². The van der Waals surface area contributed by atoms with Crippen molar-refractivity contribution in [2.45, 2.75) is 79.9 Å². The van der Waals surface area contributed by atoms with Crippen LogP contribution in [-0.2, 0) is 31.9 Å². The third-order valence-electron chi connectivity index (χ3n) is 7.20. The smallest absolute Gasteiger partial charge is 0.333 e. The van der Waals surface area contributed by atoms with Crippen LogP contribution in [0.3, 0.4) is 0 Å². The highest BCUT2D eigenvalue weighted by atomic mass is 16.6. The summed E-state index contributed by atoms with van der Waals surface area (Å²) in [5.41, 5.74) is 3.80. The zero-order valence-corrected chi connectivity index (χ0v) is 19.2. The van der Waals surface area contributed by atoms with Gasteiger partial charge in [-0.15, -0.1) is 0 Å². The van der Waals surface area contributed by atoms with Gasteiger partial charge in [0.2, 0.25) is 0 Å². The van der Waals surface area contributed by atoms with Crippen LogP contribution in [0.5, 0.6) is 0 Å². The van der Waals surface area contributed by atoms with Gasteiger partial charge >= 0.3 is 11.9 Å². The molecule has 5 atom stereocenters. The van der Waals surface area contributed by atoms with Crippen LogP contribution >= 0.6 is 0 Å². The largest absolute Gasteiger partial charge is 0.469 e. The number of aryl methyl sites for hydroxylation is 1. The van der Waals surface area contributed by atoms with Crippen LogP contribution in [0.15, 0.2) is 34.0 Å². The minimum absolute atomic E-state index is 0.0249. The number of esters is 2. The molecule has 2 aliphatic rings. The van der Waals surface area contributed by atoms with Crippen molar-refractivity contribution in [3.8, 4) is 0 Å². The molecule has 0 saturated heterocycles. The molecule has 0 bridgehead atoms. The molecule has 0 N–H and O–H groups in total. The molecule has 1 aromatic heterocycles. The predicted octanol–water partition coefficient (Wildman–Crippen LogP) is 5.10. The fraction of sp³-hybridized carbons (Fsp3) is 0.600. The van der Waals surface area contributed by atoms with Crippen molar-refractivity contribution in [3.05, 3.63) is 46.4 Å². The van der Waals surface area contributed by atoms with Crippen LogP contribution in [0.4, 0.5) is 0 Å². The van der Waals surface area contributed by atoms with Crippen LogP contribution in [0.2, 0.25) is 0 Å². The lowest BCUT2D eigenvalue weighted by atomic mass is 9.54. The number of ether oxygens (including phenoxy) is 2. The molecule has 1 aromatic rings. The summed E-state index contributed by atoms with van der Waals surface area (Å²) in [5.74, 6) is 0.613. The van der Waals surface area contributed by atoms with Gasteiger partial charge in [0.25, 0.3) is 0 Å². The Balaban J connectivity index is 1.94. The van der Waals surface area contributed by atoms with Crippen LogP contribution in [0.1, 0.15) is 64.9 Å². The molecule has 1 fully saturated rings. The van der Waals surface area contributed by atoms with Crippen molar-refractivity contribution in [3.63, 3.8) is 0 Å². The van der Waals surface area contributed by atoms with Gasteiger partial charge in [0, 0.05) is 24.0 Å². The van der Waals surface area contributed by atoms with E-state index in [0.717, 1.165) is 24.2 Å². The minimum Gasteiger partial charge on any atom is -0.469 e. The number of allylic oxidation sites excluding steroid dienone is 2. The van der Waals surface area contributed by atoms with Crippen molar-refractivity contribution in [1.29, 1.82) is 0 Å².